The number of aromatic nitrogens is 2. The Hall–Kier alpha value is 0.450. The van der Waals surface area contributed by atoms with Gasteiger partial charge in [0, 0.05) is 5.25 Å². The fourth-order valence-electron chi connectivity index (χ4n) is 2.23. The van der Waals surface area contributed by atoms with Gasteiger partial charge in [0.15, 0.2) is 0 Å². The fraction of sp³-hybridized carbons (Fsp3) is 0.692. The van der Waals surface area contributed by atoms with Crippen molar-refractivity contribution < 1.29 is 0 Å². The van der Waals surface area contributed by atoms with Crippen LogP contribution >= 0.6 is 46.0 Å². The van der Waals surface area contributed by atoms with E-state index in [9.17, 15) is 0 Å². The molecule has 0 unspecified atom stereocenters. The highest BCUT2D eigenvalue weighted by atomic mass is 127. The molecule has 1 aliphatic carbocycles. The maximum absolute atomic E-state index is 6.15. The summed E-state index contributed by atoms with van der Waals surface area (Å²) < 4.78 is 1.00. The topological polar surface area (TPSA) is 25.8 Å². The van der Waals surface area contributed by atoms with Gasteiger partial charge in [-0.05, 0) is 41.9 Å². The number of hydrogen-bond acceptors (Lipinski definition) is 3. The highest BCUT2D eigenvalue weighted by Gasteiger charge is 2.15. The number of halogens is 2. The van der Waals surface area contributed by atoms with Gasteiger partial charge in [0.2, 0.25) is 0 Å². The number of aryl methyl sites for hydroxylation is 1. The average Bonchev–Trinajstić information content (AvgIpc) is 2.41. The standard InChI is InChI=1S/C13H18ClIN2S/c1-2-10-12(15)13(14)17-11(16-10)8-18-9-6-4-3-5-7-9/h9H,2-8H2,1H3. The summed E-state index contributed by atoms with van der Waals surface area (Å²) in [4.78, 5) is 9.00. The third-order valence-corrected chi connectivity index (χ3v) is 6.35. The maximum atomic E-state index is 6.15. The van der Waals surface area contributed by atoms with Crippen LogP contribution in [0, 0.1) is 3.57 Å². The maximum Gasteiger partial charge on any atom is 0.146 e. The van der Waals surface area contributed by atoms with Crippen molar-refractivity contribution in [2.75, 3.05) is 0 Å². The Morgan fingerprint density at radius 1 is 1.28 bits per heavy atom. The molecule has 0 spiro atoms. The molecule has 0 aliphatic heterocycles. The van der Waals surface area contributed by atoms with Crippen LogP contribution in [0.4, 0.5) is 0 Å². The third-order valence-electron chi connectivity index (χ3n) is 3.26. The van der Waals surface area contributed by atoms with Crippen molar-refractivity contribution in [3.63, 3.8) is 0 Å². The van der Waals surface area contributed by atoms with E-state index in [1.54, 1.807) is 0 Å². The van der Waals surface area contributed by atoms with Gasteiger partial charge < -0.3 is 0 Å². The van der Waals surface area contributed by atoms with Crippen molar-refractivity contribution in [3.8, 4) is 0 Å². The highest BCUT2D eigenvalue weighted by molar-refractivity contribution is 14.1. The summed E-state index contributed by atoms with van der Waals surface area (Å²) in [5, 5.41) is 1.41. The van der Waals surface area contributed by atoms with Gasteiger partial charge in [-0.25, -0.2) is 9.97 Å². The summed E-state index contributed by atoms with van der Waals surface area (Å²) in [7, 11) is 0. The first-order valence-corrected chi connectivity index (χ1v) is 9.03. The molecule has 5 heteroatoms. The van der Waals surface area contributed by atoms with E-state index in [1.165, 1.54) is 32.1 Å². The minimum Gasteiger partial charge on any atom is -0.236 e. The largest absolute Gasteiger partial charge is 0.236 e. The first kappa shape index (κ1) is 14.9. The monoisotopic (exact) mass is 396 g/mol. The Morgan fingerprint density at radius 2 is 2.00 bits per heavy atom. The number of rotatable bonds is 4. The summed E-state index contributed by atoms with van der Waals surface area (Å²) in [5.74, 6) is 1.79. The van der Waals surface area contributed by atoms with Gasteiger partial charge in [0.25, 0.3) is 0 Å². The molecule has 0 aromatic carbocycles. The van der Waals surface area contributed by atoms with Crippen molar-refractivity contribution in [2.45, 2.75) is 56.5 Å². The van der Waals surface area contributed by atoms with Crippen LogP contribution in [0.1, 0.15) is 50.5 Å². The lowest BCUT2D eigenvalue weighted by Gasteiger charge is -2.20. The Kier molecular flexibility index (Phi) is 6.01. The van der Waals surface area contributed by atoms with Gasteiger partial charge >= 0.3 is 0 Å². The SMILES string of the molecule is CCc1nc(CSC2CCCCC2)nc(Cl)c1I. The average molecular weight is 397 g/mol. The summed E-state index contributed by atoms with van der Waals surface area (Å²) in [5.41, 5.74) is 1.08. The van der Waals surface area contributed by atoms with Gasteiger partial charge in [-0.3, -0.25) is 0 Å². The van der Waals surface area contributed by atoms with Crippen LogP contribution in [0.2, 0.25) is 5.15 Å². The first-order valence-electron chi connectivity index (χ1n) is 6.53. The summed E-state index contributed by atoms with van der Waals surface area (Å²) >= 11 is 10.4. The predicted molar refractivity (Wildman–Crippen MR) is 87.3 cm³/mol. The van der Waals surface area contributed by atoms with E-state index in [1.807, 2.05) is 11.8 Å². The Bertz CT molecular complexity index is 408. The molecule has 1 aliphatic rings. The smallest absolute Gasteiger partial charge is 0.146 e. The van der Waals surface area contributed by atoms with Crippen molar-refractivity contribution in [1.82, 2.24) is 9.97 Å². The molecule has 0 amide bonds. The zero-order valence-corrected chi connectivity index (χ0v) is 14.3. The van der Waals surface area contributed by atoms with Crippen molar-refractivity contribution in [3.05, 3.63) is 20.2 Å². The molecular weight excluding hydrogens is 379 g/mol. The lowest BCUT2D eigenvalue weighted by Crippen LogP contribution is -2.09. The van der Waals surface area contributed by atoms with E-state index in [0.29, 0.717) is 5.15 Å². The fourth-order valence-corrected chi connectivity index (χ4v) is 4.24. The Balaban J connectivity index is 1.98. The van der Waals surface area contributed by atoms with Crippen LogP contribution in [0.15, 0.2) is 0 Å². The van der Waals surface area contributed by atoms with E-state index in [0.717, 1.165) is 32.5 Å². The third kappa shape index (κ3) is 3.97. The van der Waals surface area contributed by atoms with Crippen LogP contribution in [0.3, 0.4) is 0 Å². The van der Waals surface area contributed by atoms with Crippen LogP contribution in [0.25, 0.3) is 0 Å². The molecule has 1 saturated carbocycles. The lowest BCUT2D eigenvalue weighted by atomic mass is 10.0. The molecule has 0 radical (unpaired) electrons. The van der Waals surface area contributed by atoms with Crippen LogP contribution in [-0.2, 0) is 12.2 Å². The van der Waals surface area contributed by atoms with Gasteiger partial charge in [-0.1, -0.05) is 37.8 Å². The number of hydrogen-bond donors (Lipinski definition) is 0. The molecule has 1 fully saturated rings. The second kappa shape index (κ2) is 7.29. The van der Waals surface area contributed by atoms with E-state index < -0.39 is 0 Å². The second-order valence-electron chi connectivity index (χ2n) is 4.62. The molecule has 0 bridgehead atoms. The molecule has 2 rings (SSSR count). The number of nitrogens with zero attached hydrogens (tertiary/aromatic N) is 2. The van der Waals surface area contributed by atoms with Gasteiger partial charge in [0.1, 0.15) is 11.0 Å². The van der Waals surface area contributed by atoms with E-state index >= 15 is 0 Å². The molecule has 100 valence electrons. The molecule has 1 aromatic rings. The van der Waals surface area contributed by atoms with Gasteiger partial charge in [-0.2, -0.15) is 11.8 Å². The number of thioether (sulfide) groups is 1. The van der Waals surface area contributed by atoms with Gasteiger partial charge in [-0.15, -0.1) is 0 Å². The minimum atomic E-state index is 0.613. The van der Waals surface area contributed by atoms with Crippen molar-refractivity contribution in [1.29, 1.82) is 0 Å². The molecule has 2 nitrogen and oxygen atoms in total. The molecule has 1 aromatic heterocycles. The van der Waals surface area contributed by atoms with Crippen molar-refractivity contribution in [2.24, 2.45) is 0 Å². The molecule has 18 heavy (non-hydrogen) atoms. The minimum absolute atomic E-state index is 0.613. The zero-order chi connectivity index (χ0) is 13.0. The second-order valence-corrected chi connectivity index (χ2v) is 7.34. The predicted octanol–water partition coefficient (Wildman–Crippen LogP) is 4.86. The Labute approximate surface area is 132 Å². The molecular formula is C13H18ClIN2S. The van der Waals surface area contributed by atoms with Crippen LogP contribution in [-0.4, -0.2) is 15.2 Å². The molecule has 1 heterocycles. The van der Waals surface area contributed by atoms with Crippen LogP contribution in [0.5, 0.6) is 0 Å². The highest BCUT2D eigenvalue weighted by Crippen LogP contribution is 2.30. The van der Waals surface area contributed by atoms with E-state index in [2.05, 4.69) is 39.5 Å². The molecule has 0 N–H and O–H groups in total. The van der Waals surface area contributed by atoms with Crippen molar-refractivity contribution >= 4 is 46.0 Å². The summed E-state index contributed by atoms with van der Waals surface area (Å²) in [6.45, 7) is 2.11. The van der Waals surface area contributed by atoms with Gasteiger partial charge in [0.05, 0.1) is 15.0 Å². The molecule has 0 atom stereocenters. The van der Waals surface area contributed by atoms with E-state index in [-0.39, 0.29) is 0 Å². The Morgan fingerprint density at radius 3 is 2.67 bits per heavy atom. The van der Waals surface area contributed by atoms with E-state index in [4.69, 9.17) is 11.6 Å². The lowest BCUT2D eigenvalue weighted by molar-refractivity contribution is 0.516. The quantitative estimate of drug-likeness (QED) is 0.537. The van der Waals surface area contributed by atoms with Crippen LogP contribution < -0.4 is 0 Å². The molecule has 0 saturated heterocycles. The zero-order valence-electron chi connectivity index (χ0n) is 10.6. The normalized spacial score (nSPS) is 17.1. The summed E-state index contributed by atoms with van der Waals surface area (Å²) in [6.07, 6.45) is 7.79. The summed E-state index contributed by atoms with van der Waals surface area (Å²) in [6, 6.07) is 0. The first-order chi connectivity index (χ1) is 8.70.